The number of rotatable bonds is 0. The molecule has 1 aliphatic rings. The molecular formula is C11H10F3NO2. The van der Waals surface area contributed by atoms with Gasteiger partial charge in [0.1, 0.15) is 12.0 Å². The molecule has 0 saturated heterocycles. The Kier molecular flexibility index (Phi) is 2.52. The molecule has 0 aromatic heterocycles. The van der Waals surface area contributed by atoms with Crippen molar-refractivity contribution in [2.24, 2.45) is 0 Å². The van der Waals surface area contributed by atoms with Gasteiger partial charge in [0.2, 0.25) is 0 Å². The summed E-state index contributed by atoms with van der Waals surface area (Å²) in [6, 6.07) is 5.82. The van der Waals surface area contributed by atoms with E-state index in [4.69, 9.17) is 0 Å². The number of nitrogens with one attached hydrogen (secondary N) is 1. The third kappa shape index (κ3) is 1.83. The van der Waals surface area contributed by atoms with Crippen molar-refractivity contribution in [3.05, 3.63) is 29.8 Å². The molecule has 1 N–H and O–H groups in total. The summed E-state index contributed by atoms with van der Waals surface area (Å²) < 4.78 is 43.8. The number of carbonyl (C=O) groups is 1. The number of ether oxygens (including phenoxy) is 1. The Balaban J connectivity index is 2.60. The van der Waals surface area contributed by atoms with Crippen LogP contribution in [0.3, 0.4) is 0 Å². The standard InChI is InChI=1S/C11H10F3NO2/c1-10(11(12,13)14)6-17-9(16)15-8-5-3-2-4-7(8)10/h2-5H,6H2,1H3,(H,15,16). The van der Waals surface area contributed by atoms with Crippen LogP contribution >= 0.6 is 0 Å². The summed E-state index contributed by atoms with van der Waals surface area (Å²) in [6.07, 6.45) is -5.36. The van der Waals surface area contributed by atoms with Gasteiger partial charge < -0.3 is 4.74 Å². The Morgan fingerprint density at radius 2 is 2.00 bits per heavy atom. The fourth-order valence-corrected chi connectivity index (χ4v) is 1.74. The number of para-hydroxylation sites is 1. The number of hydrogen-bond donors (Lipinski definition) is 1. The second-order valence-corrected chi connectivity index (χ2v) is 4.08. The van der Waals surface area contributed by atoms with Crippen molar-refractivity contribution in [1.29, 1.82) is 0 Å². The molecule has 2 rings (SSSR count). The number of hydrogen-bond acceptors (Lipinski definition) is 2. The molecule has 92 valence electrons. The first kappa shape index (κ1) is 11.8. The van der Waals surface area contributed by atoms with Gasteiger partial charge in [0, 0.05) is 5.69 Å². The van der Waals surface area contributed by atoms with Gasteiger partial charge in [-0.1, -0.05) is 18.2 Å². The summed E-state index contributed by atoms with van der Waals surface area (Å²) in [4.78, 5) is 11.2. The number of benzene rings is 1. The van der Waals surface area contributed by atoms with Crippen molar-refractivity contribution >= 4 is 11.8 Å². The lowest BCUT2D eigenvalue weighted by Crippen LogP contribution is -2.43. The van der Waals surface area contributed by atoms with Crippen molar-refractivity contribution in [3.8, 4) is 0 Å². The molecule has 1 heterocycles. The summed E-state index contributed by atoms with van der Waals surface area (Å²) in [5, 5.41) is 2.29. The van der Waals surface area contributed by atoms with Gasteiger partial charge in [-0.15, -0.1) is 0 Å². The van der Waals surface area contributed by atoms with Crippen LogP contribution in [0, 0.1) is 0 Å². The lowest BCUT2D eigenvalue weighted by Gasteiger charge is -2.30. The molecule has 0 aliphatic carbocycles. The smallest absolute Gasteiger partial charge is 0.411 e. The normalized spacial score (nSPS) is 24.4. The van der Waals surface area contributed by atoms with Crippen LogP contribution < -0.4 is 5.32 Å². The van der Waals surface area contributed by atoms with Crippen LogP contribution in [0.5, 0.6) is 0 Å². The van der Waals surface area contributed by atoms with Gasteiger partial charge in [-0.05, 0) is 18.6 Å². The number of cyclic esters (lactones) is 1. The minimum absolute atomic E-state index is 0.0124. The zero-order valence-corrected chi connectivity index (χ0v) is 8.97. The number of anilines is 1. The molecule has 1 amide bonds. The van der Waals surface area contributed by atoms with Gasteiger partial charge in [-0.2, -0.15) is 13.2 Å². The number of carbonyl (C=O) groups excluding carboxylic acids is 1. The SMILES string of the molecule is CC1(C(F)(F)F)COC(=O)Nc2ccccc21. The zero-order valence-electron chi connectivity index (χ0n) is 8.97. The maximum atomic E-state index is 13.1. The predicted octanol–water partition coefficient (Wildman–Crippen LogP) is 3.07. The quantitative estimate of drug-likeness (QED) is 0.762. The number of amides is 1. The summed E-state index contributed by atoms with van der Waals surface area (Å²) in [5.41, 5.74) is -2.05. The second-order valence-electron chi connectivity index (χ2n) is 4.08. The summed E-state index contributed by atoms with van der Waals surface area (Å²) in [5.74, 6) is 0. The largest absolute Gasteiger partial charge is 0.448 e. The molecule has 0 saturated carbocycles. The molecule has 1 unspecified atom stereocenters. The summed E-state index contributed by atoms with van der Waals surface area (Å²) in [7, 11) is 0. The third-order valence-corrected chi connectivity index (χ3v) is 2.88. The first-order valence-electron chi connectivity index (χ1n) is 4.94. The van der Waals surface area contributed by atoms with E-state index in [1.54, 1.807) is 6.07 Å². The Bertz CT molecular complexity index is 458. The Morgan fingerprint density at radius 1 is 1.35 bits per heavy atom. The molecule has 1 aromatic carbocycles. The monoisotopic (exact) mass is 245 g/mol. The highest BCUT2D eigenvalue weighted by Crippen LogP contribution is 2.44. The molecule has 1 aromatic rings. The van der Waals surface area contributed by atoms with Gasteiger partial charge in [-0.3, -0.25) is 5.32 Å². The zero-order chi connectivity index (χ0) is 12.7. The van der Waals surface area contributed by atoms with Crippen LogP contribution in [0.2, 0.25) is 0 Å². The molecular weight excluding hydrogens is 235 g/mol. The highest BCUT2D eigenvalue weighted by Gasteiger charge is 2.55. The van der Waals surface area contributed by atoms with Crippen molar-refractivity contribution < 1.29 is 22.7 Å². The van der Waals surface area contributed by atoms with Crippen LogP contribution in [0.25, 0.3) is 0 Å². The Hall–Kier alpha value is -1.72. The minimum atomic E-state index is -4.49. The van der Waals surface area contributed by atoms with Crippen LogP contribution in [-0.2, 0) is 10.2 Å². The first-order chi connectivity index (χ1) is 7.84. The molecule has 6 heteroatoms. The molecule has 17 heavy (non-hydrogen) atoms. The van der Waals surface area contributed by atoms with Gasteiger partial charge in [0.25, 0.3) is 0 Å². The molecule has 0 spiro atoms. The maximum Gasteiger partial charge on any atom is 0.411 e. The Labute approximate surface area is 95.6 Å². The third-order valence-electron chi connectivity index (χ3n) is 2.88. The lowest BCUT2D eigenvalue weighted by atomic mass is 9.81. The van der Waals surface area contributed by atoms with E-state index in [1.165, 1.54) is 18.2 Å². The van der Waals surface area contributed by atoms with E-state index in [0.717, 1.165) is 6.92 Å². The Morgan fingerprint density at radius 3 is 2.65 bits per heavy atom. The van der Waals surface area contributed by atoms with Crippen LogP contribution in [0.15, 0.2) is 24.3 Å². The van der Waals surface area contributed by atoms with Crippen molar-refractivity contribution in [2.45, 2.75) is 18.5 Å². The minimum Gasteiger partial charge on any atom is -0.448 e. The fraction of sp³-hybridized carbons (Fsp3) is 0.364. The molecule has 1 atom stereocenters. The van der Waals surface area contributed by atoms with Crippen LogP contribution in [-0.4, -0.2) is 18.9 Å². The van der Waals surface area contributed by atoms with Gasteiger partial charge in [0.05, 0.1) is 0 Å². The van der Waals surface area contributed by atoms with Crippen LogP contribution in [0.1, 0.15) is 12.5 Å². The van der Waals surface area contributed by atoms with Gasteiger partial charge in [0.15, 0.2) is 0 Å². The highest BCUT2D eigenvalue weighted by atomic mass is 19.4. The first-order valence-corrected chi connectivity index (χ1v) is 4.94. The average molecular weight is 245 g/mol. The number of fused-ring (bicyclic) bond motifs is 1. The molecule has 1 aliphatic heterocycles. The summed E-state index contributed by atoms with van der Waals surface area (Å²) >= 11 is 0. The number of halogens is 3. The summed E-state index contributed by atoms with van der Waals surface area (Å²) in [6.45, 7) is 0.297. The van der Waals surface area contributed by atoms with Crippen molar-refractivity contribution in [3.63, 3.8) is 0 Å². The molecule has 0 fully saturated rings. The molecule has 0 bridgehead atoms. The topological polar surface area (TPSA) is 38.3 Å². The van der Waals surface area contributed by atoms with Crippen LogP contribution in [0.4, 0.5) is 23.7 Å². The molecule has 0 radical (unpaired) electrons. The lowest BCUT2D eigenvalue weighted by molar-refractivity contribution is -0.194. The van der Waals surface area contributed by atoms with Crippen molar-refractivity contribution in [1.82, 2.24) is 0 Å². The fourth-order valence-electron chi connectivity index (χ4n) is 1.74. The van der Waals surface area contributed by atoms with Gasteiger partial charge in [-0.25, -0.2) is 4.79 Å². The van der Waals surface area contributed by atoms with E-state index in [-0.39, 0.29) is 11.3 Å². The predicted molar refractivity (Wildman–Crippen MR) is 54.8 cm³/mol. The highest BCUT2D eigenvalue weighted by molar-refractivity contribution is 5.87. The average Bonchev–Trinajstić information content (AvgIpc) is 2.37. The van der Waals surface area contributed by atoms with Gasteiger partial charge >= 0.3 is 12.3 Å². The number of alkyl halides is 3. The van der Waals surface area contributed by atoms with E-state index < -0.39 is 24.3 Å². The van der Waals surface area contributed by atoms with E-state index in [9.17, 15) is 18.0 Å². The van der Waals surface area contributed by atoms with E-state index in [0.29, 0.717) is 0 Å². The van der Waals surface area contributed by atoms with E-state index >= 15 is 0 Å². The molecule has 3 nitrogen and oxygen atoms in total. The maximum absolute atomic E-state index is 13.1. The second kappa shape index (κ2) is 3.65. The van der Waals surface area contributed by atoms with Crippen molar-refractivity contribution in [2.75, 3.05) is 11.9 Å². The van der Waals surface area contributed by atoms with E-state index in [2.05, 4.69) is 10.1 Å². The van der Waals surface area contributed by atoms with E-state index in [1.807, 2.05) is 0 Å².